The van der Waals surface area contributed by atoms with Gasteiger partial charge < -0.3 is 21.0 Å². The zero-order valence-corrected chi connectivity index (χ0v) is 18.7. The number of nitrogens with zero attached hydrogens (tertiary/aromatic N) is 4. The summed E-state index contributed by atoms with van der Waals surface area (Å²) < 4.78 is 5.26. The molecule has 1 saturated heterocycles. The Morgan fingerprint density at radius 2 is 2.12 bits per heavy atom. The van der Waals surface area contributed by atoms with Crippen molar-refractivity contribution >= 4 is 57.4 Å². The highest BCUT2D eigenvalue weighted by molar-refractivity contribution is 8.00. The largest absolute Gasteiger partial charge is 0.456 e. The number of carbonyl (C=O) groups excluding carboxylic acids is 3. The van der Waals surface area contributed by atoms with Gasteiger partial charge in [0.05, 0.1) is 4.92 Å². The third kappa shape index (κ3) is 4.42. The van der Waals surface area contributed by atoms with Crippen molar-refractivity contribution in [3.05, 3.63) is 62.8 Å². The number of thiazole rings is 1. The molecule has 176 valence electrons. The van der Waals surface area contributed by atoms with Crippen LogP contribution in [0.2, 0.25) is 0 Å². The van der Waals surface area contributed by atoms with Crippen LogP contribution in [0, 0.1) is 10.1 Å². The van der Waals surface area contributed by atoms with Gasteiger partial charge in [0.15, 0.2) is 10.8 Å². The number of ether oxygens (including phenoxy) is 1. The molecule has 0 saturated carbocycles. The van der Waals surface area contributed by atoms with Gasteiger partial charge in [0, 0.05) is 23.3 Å². The molecule has 13 nitrogen and oxygen atoms in total. The number of amides is 2. The summed E-state index contributed by atoms with van der Waals surface area (Å²) >= 11 is 2.39. The van der Waals surface area contributed by atoms with Gasteiger partial charge in [-0.2, -0.15) is 0 Å². The van der Waals surface area contributed by atoms with Crippen LogP contribution in [0.5, 0.6) is 0 Å². The lowest BCUT2D eigenvalue weighted by Gasteiger charge is -2.48. The molecule has 2 aliphatic heterocycles. The summed E-state index contributed by atoms with van der Waals surface area (Å²) in [5.41, 5.74) is 5.72. The molecule has 1 aromatic carbocycles. The average molecular weight is 505 g/mol. The quantitative estimate of drug-likeness (QED) is 0.122. The second-order valence-corrected chi connectivity index (χ2v) is 9.03. The molecule has 15 heteroatoms. The fraction of sp³-hybridized carbons (Fsp3) is 0.211. The second-order valence-electron chi connectivity index (χ2n) is 6.99. The number of benzene rings is 1. The number of aromatic nitrogens is 1. The van der Waals surface area contributed by atoms with Crippen LogP contribution in [0.1, 0.15) is 11.3 Å². The monoisotopic (exact) mass is 504 g/mol. The number of nitro groups is 1. The van der Waals surface area contributed by atoms with E-state index >= 15 is 0 Å². The average Bonchev–Trinajstić information content (AvgIpc) is 3.26. The number of non-ortho nitro benzene ring substituents is 1. The standard InChI is InChI=1S/C19H16N6O7S2/c20-19-21-11(8-34-19)13(23-29)15(26)22-14-16(27)24-12(5-6-33-17(14)24)18(28)32-7-9-1-3-10(4-2-9)25(30)31/h1-5,8,14,17,29H,6-7H2,(H2,20,21)(H,22,26)/b23-13+. The molecular formula is C19H16N6O7S2. The number of esters is 1. The summed E-state index contributed by atoms with van der Waals surface area (Å²) in [4.78, 5) is 53.2. The number of nitrogen functional groups attached to an aromatic ring is 1. The van der Waals surface area contributed by atoms with E-state index in [0.29, 0.717) is 11.3 Å². The predicted octanol–water partition coefficient (Wildman–Crippen LogP) is 0.839. The molecule has 2 atom stereocenters. The van der Waals surface area contributed by atoms with Gasteiger partial charge in [-0.3, -0.25) is 24.6 Å². The second kappa shape index (κ2) is 9.48. The maximum Gasteiger partial charge on any atom is 0.355 e. The maximum atomic E-state index is 12.7. The molecule has 2 unspecified atom stereocenters. The molecule has 4 N–H and O–H groups in total. The van der Waals surface area contributed by atoms with Gasteiger partial charge in [-0.25, -0.2) is 9.78 Å². The molecule has 1 aromatic heterocycles. The molecule has 2 aromatic rings. The number of anilines is 1. The summed E-state index contributed by atoms with van der Waals surface area (Å²) in [6, 6.07) is 4.58. The number of nitrogens with one attached hydrogen (secondary N) is 1. The van der Waals surface area contributed by atoms with E-state index in [1.165, 1.54) is 46.3 Å². The van der Waals surface area contributed by atoms with Crippen LogP contribution < -0.4 is 11.1 Å². The lowest BCUT2D eigenvalue weighted by atomic mass is 10.0. The zero-order valence-electron chi connectivity index (χ0n) is 17.1. The maximum absolute atomic E-state index is 12.7. The fourth-order valence-corrected chi connectivity index (χ4v) is 5.03. The molecule has 1 fully saturated rings. The van der Waals surface area contributed by atoms with E-state index in [1.54, 1.807) is 6.08 Å². The van der Waals surface area contributed by atoms with Gasteiger partial charge in [-0.05, 0) is 23.8 Å². The van der Waals surface area contributed by atoms with E-state index in [4.69, 9.17) is 10.5 Å². The van der Waals surface area contributed by atoms with Gasteiger partial charge in [-0.15, -0.1) is 23.1 Å². The van der Waals surface area contributed by atoms with E-state index in [9.17, 15) is 29.7 Å². The number of thioether (sulfide) groups is 1. The Bertz CT molecular complexity index is 1230. The number of hydrogen-bond acceptors (Lipinski definition) is 12. The number of oxime groups is 1. The molecule has 4 rings (SSSR count). The minimum absolute atomic E-state index is 0.0458. The smallest absolute Gasteiger partial charge is 0.355 e. The van der Waals surface area contributed by atoms with Gasteiger partial charge in [-0.1, -0.05) is 5.16 Å². The van der Waals surface area contributed by atoms with E-state index in [0.717, 1.165) is 11.3 Å². The van der Waals surface area contributed by atoms with Crippen molar-refractivity contribution in [3.63, 3.8) is 0 Å². The van der Waals surface area contributed by atoms with Crippen LogP contribution in [0.3, 0.4) is 0 Å². The number of rotatable bonds is 7. The van der Waals surface area contributed by atoms with E-state index in [-0.39, 0.29) is 28.8 Å². The van der Waals surface area contributed by atoms with Crippen LogP contribution in [0.15, 0.2) is 46.6 Å². The number of carbonyl (C=O) groups is 3. The number of fused-ring (bicyclic) bond motifs is 1. The number of hydrogen-bond donors (Lipinski definition) is 3. The molecule has 34 heavy (non-hydrogen) atoms. The first-order valence-electron chi connectivity index (χ1n) is 9.59. The Labute approximate surface area is 199 Å². The molecule has 0 aliphatic carbocycles. The fourth-order valence-electron chi connectivity index (χ4n) is 3.29. The number of nitrogens with two attached hydrogens (primary N) is 1. The number of nitro benzene ring substituents is 1. The molecule has 2 amide bonds. The van der Waals surface area contributed by atoms with Crippen LogP contribution in [-0.4, -0.2) is 60.7 Å². The summed E-state index contributed by atoms with van der Waals surface area (Å²) in [6.07, 6.45) is 1.55. The van der Waals surface area contributed by atoms with Crippen molar-refractivity contribution in [3.8, 4) is 0 Å². The summed E-state index contributed by atoms with van der Waals surface area (Å²) in [5, 5.41) is 26.5. The molecule has 0 radical (unpaired) electrons. The molecule has 3 heterocycles. The van der Waals surface area contributed by atoms with Crippen LogP contribution >= 0.6 is 23.1 Å². The SMILES string of the molecule is Nc1nc(/C(=N\O)C(=O)NC2C(=O)N3C(C(=O)OCc4ccc([N+](=O)[O-])cc4)=CCSC23)cs1. The van der Waals surface area contributed by atoms with Gasteiger partial charge in [0.1, 0.15) is 29.4 Å². The first-order chi connectivity index (χ1) is 16.3. The highest BCUT2D eigenvalue weighted by Gasteiger charge is 2.53. The minimum atomic E-state index is -0.948. The van der Waals surface area contributed by atoms with Gasteiger partial charge in [0.2, 0.25) is 0 Å². The Morgan fingerprint density at radius 1 is 1.38 bits per heavy atom. The summed E-state index contributed by atoms with van der Waals surface area (Å²) in [6.45, 7) is -0.138. The summed E-state index contributed by atoms with van der Waals surface area (Å²) in [7, 11) is 0. The van der Waals surface area contributed by atoms with Crippen molar-refractivity contribution in [1.29, 1.82) is 0 Å². The molecule has 0 bridgehead atoms. The predicted molar refractivity (Wildman–Crippen MR) is 121 cm³/mol. The van der Waals surface area contributed by atoms with Crippen molar-refractivity contribution < 1.29 is 29.3 Å². The topological polar surface area (TPSA) is 190 Å². The van der Waals surface area contributed by atoms with E-state index in [1.807, 2.05) is 0 Å². The van der Waals surface area contributed by atoms with Crippen molar-refractivity contribution in [1.82, 2.24) is 15.2 Å². The van der Waals surface area contributed by atoms with Crippen LogP contribution in [0.25, 0.3) is 0 Å². The molecular weight excluding hydrogens is 488 g/mol. The normalized spacial score (nSPS) is 19.5. The summed E-state index contributed by atoms with van der Waals surface area (Å²) in [5.74, 6) is -1.69. The first-order valence-corrected chi connectivity index (χ1v) is 11.5. The van der Waals surface area contributed by atoms with E-state index in [2.05, 4.69) is 15.5 Å². The third-order valence-electron chi connectivity index (χ3n) is 4.94. The van der Waals surface area contributed by atoms with Crippen LogP contribution in [-0.2, 0) is 25.7 Å². The lowest BCUT2D eigenvalue weighted by Crippen LogP contribution is -2.70. The molecule has 0 spiro atoms. The van der Waals surface area contributed by atoms with E-state index < -0.39 is 39.8 Å². The Balaban J connectivity index is 1.37. The third-order valence-corrected chi connectivity index (χ3v) is 6.80. The molecule has 2 aliphatic rings. The lowest BCUT2D eigenvalue weighted by molar-refractivity contribution is -0.384. The Morgan fingerprint density at radius 3 is 2.74 bits per heavy atom. The van der Waals surface area contributed by atoms with Crippen LogP contribution in [0.4, 0.5) is 10.8 Å². The van der Waals surface area contributed by atoms with Crippen molar-refractivity contribution in [2.75, 3.05) is 11.5 Å². The van der Waals surface area contributed by atoms with Gasteiger partial charge >= 0.3 is 5.97 Å². The first kappa shape index (κ1) is 23.2. The number of β-lactam (4-membered cyclic amide) rings is 1. The Hall–Kier alpha value is -3.98. The van der Waals surface area contributed by atoms with Crippen molar-refractivity contribution in [2.24, 2.45) is 5.16 Å². The highest BCUT2D eigenvalue weighted by Crippen LogP contribution is 2.38. The van der Waals surface area contributed by atoms with Crippen molar-refractivity contribution in [2.45, 2.75) is 18.0 Å². The highest BCUT2D eigenvalue weighted by atomic mass is 32.2. The zero-order chi connectivity index (χ0) is 24.4. The Kier molecular flexibility index (Phi) is 6.47. The minimum Gasteiger partial charge on any atom is -0.456 e. The van der Waals surface area contributed by atoms with Gasteiger partial charge in [0.25, 0.3) is 17.5 Å².